The summed E-state index contributed by atoms with van der Waals surface area (Å²) in [5.74, 6) is 0.0841. The molecule has 2 aromatic rings. The molecule has 0 saturated heterocycles. The second-order valence-corrected chi connectivity index (χ2v) is 5.74. The van der Waals surface area contributed by atoms with Gasteiger partial charge in [-0.05, 0) is 33.3 Å². The number of nitrogens with zero attached hydrogens (tertiary/aromatic N) is 1. The summed E-state index contributed by atoms with van der Waals surface area (Å²) in [6.07, 6.45) is 2.27. The molecule has 2 rings (SSSR count). The van der Waals surface area contributed by atoms with Gasteiger partial charge in [-0.3, -0.25) is 9.59 Å². The lowest BCUT2D eigenvalue weighted by atomic mass is 10.1. The lowest BCUT2D eigenvalue weighted by Gasteiger charge is -2.10. The molecule has 1 aromatic heterocycles. The molecule has 0 radical (unpaired) electrons. The summed E-state index contributed by atoms with van der Waals surface area (Å²) in [6.45, 7) is 8.07. The topological polar surface area (TPSA) is 51.1 Å². The Bertz CT molecular complexity index is 683. The molecule has 0 aliphatic heterocycles. The fraction of sp³-hybridized carbons (Fsp3) is 0.412. The molecule has 112 valence electrons. The number of amides is 1. The second-order valence-electron chi connectivity index (χ2n) is 5.74. The van der Waals surface area contributed by atoms with E-state index in [1.807, 2.05) is 49.7 Å². The van der Waals surface area contributed by atoms with E-state index < -0.39 is 0 Å². The molecular formula is C17H22N2O2. The minimum absolute atomic E-state index is 0.0322. The Morgan fingerprint density at radius 3 is 2.62 bits per heavy atom. The Labute approximate surface area is 125 Å². The van der Waals surface area contributed by atoms with Crippen LogP contribution < -0.4 is 5.32 Å². The van der Waals surface area contributed by atoms with Crippen molar-refractivity contribution >= 4 is 22.6 Å². The number of benzene rings is 1. The molecule has 0 fully saturated rings. The summed E-state index contributed by atoms with van der Waals surface area (Å²) in [5.41, 5.74) is 2.88. The van der Waals surface area contributed by atoms with Crippen molar-refractivity contribution in [2.24, 2.45) is 0 Å². The maximum absolute atomic E-state index is 11.8. The molecule has 0 bridgehead atoms. The molecule has 0 atom stereocenters. The van der Waals surface area contributed by atoms with Gasteiger partial charge in [0.2, 0.25) is 5.91 Å². The van der Waals surface area contributed by atoms with E-state index in [-0.39, 0.29) is 17.7 Å². The predicted molar refractivity (Wildman–Crippen MR) is 84.6 cm³/mol. The maximum Gasteiger partial charge on any atom is 0.221 e. The highest BCUT2D eigenvalue weighted by Gasteiger charge is 2.14. The molecule has 0 aliphatic carbocycles. The molecule has 0 unspecified atom stereocenters. The molecular weight excluding hydrogens is 264 g/mol. The number of para-hydroxylation sites is 1. The van der Waals surface area contributed by atoms with Gasteiger partial charge in [0.15, 0.2) is 5.78 Å². The predicted octanol–water partition coefficient (Wildman–Crippen LogP) is 3.07. The van der Waals surface area contributed by atoms with E-state index in [1.165, 1.54) is 0 Å². The van der Waals surface area contributed by atoms with Crippen molar-refractivity contribution in [2.45, 2.75) is 46.7 Å². The van der Waals surface area contributed by atoms with Crippen LogP contribution in [0.2, 0.25) is 0 Å². The number of fused-ring (bicyclic) bond motifs is 1. The van der Waals surface area contributed by atoms with E-state index in [1.54, 1.807) is 6.92 Å². The van der Waals surface area contributed by atoms with Crippen LogP contribution in [-0.4, -0.2) is 22.3 Å². The van der Waals surface area contributed by atoms with Gasteiger partial charge in [-0.15, -0.1) is 0 Å². The summed E-state index contributed by atoms with van der Waals surface area (Å²) in [5, 5.41) is 3.85. The third-order valence-electron chi connectivity index (χ3n) is 3.51. The number of aromatic nitrogens is 1. The van der Waals surface area contributed by atoms with Crippen LogP contribution in [0.15, 0.2) is 24.4 Å². The van der Waals surface area contributed by atoms with Gasteiger partial charge >= 0.3 is 0 Å². The average molecular weight is 286 g/mol. The zero-order valence-corrected chi connectivity index (χ0v) is 13.1. The summed E-state index contributed by atoms with van der Waals surface area (Å²) >= 11 is 0. The van der Waals surface area contributed by atoms with Crippen LogP contribution in [-0.2, 0) is 11.3 Å². The normalized spacial score (nSPS) is 11.1. The molecule has 0 spiro atoms. The summed E-state index contributed by atoms with van der Waals surface area (Å²) < 4.78 is 2.02. The first-order chi connectivity index (χ1) is 9.90. The lowest BCUT2D eigenvalue weighted by Crippen LogP contribution is -2.30. The van der Waals surface area contributed by atoms with Gasteiger partial charge in [0, 0.05) is 36.2 Å². The number of Topliss-reactive ketones (excluding diaryl/α,β-unsaturated/α-hetero) is 1. The maximum atomic E-state index is 11.8. The number of hydrogen-bond acceptors (Lipinski definition) is 2. The number of rotatable bonds is 5. The van der Waals surface area contributed by atoms with Crippen molar-refractivity contribution in [3.63, 3.8) is 0 Å². The van der Waals surface area contributed by atoms with E-state index in [0.717, 1.165) is 22.0 Å². The van der Waals surface area contributed by atoms with Crippen LogP contribution in [0, 0.1) is 6.92 Å². The monoisotopic (exact) mass is 286 g/mol. The molecule has 1 N–H and O–H groups in total. The van der Waals surface area contributed by atoms with Gasteiger partial charge in [-0.25, -0.2) is 0 Å². The molecule has 1 amide bonds. The SMILES string of the molecule is CC(=O)c1cn(CCC(=O)NC(C)C)c2c(C)cccc12. The number of ketones is 1. The van der Waals surface area contributed by atoms with E-state index in [0.29, 0.717) is 13.0 Å². The smallest absolute Gasteiger partial charge is 0.221 e. The molecule has 1 aromatic carbocycles. The van der Waals surface area contributed by atoms with Gasteiger partial charge in [-0.1, -0.05) is 18.2 Å². The van der Waals surface area contributed by atoms with Crippen LogP contribution in [0.5, 0.6) is 0 Å². The van der Waals surface area contributed by atoms with Crippen LogP contribution in [0.25, 0.3) is 10.9 Å². The van der Waals surface area contributed by atoms with Crippen LogP contribution in [0.1, 0.15) is 43.1 Å². The minimum atomic E-state index is 0.0322. The molecule has 1 heterocycles. The fourth-order valence-corrected chi connectivity index (χ4v) is 2.62. The van der Waals surface area contributed by atoms with Crippen molar-refractivity contribution in [1.82, 2.24) is 9.88 Å². The van der Waals surface area contributed by atoms with E-state index in [9.17, 15) is 9.59 Å². The summed E-state index contributed by atoms with van der Waals surface area (Å²) in [6, 6.07) is 6.09. The second kappa shape index (κ2) is 6.12. The largest absolute Gasteiger partial charge is 0.354 e. The fourth-order valence-electron chi connectivity index (χ4n) is 2.62. The lowest BCUT2D eigenvalue weighted by molar-refractivity contribution is -0.121. The van der Waals surface area contributed by atoms with Crippen molar-refractivity contribution < 1.29 is 9.59 Å². The average Bonchev–Trinajstić information content (AvgIpc) is 2.76. The first-order valence-corrected chi connectivity index (χ1v) is 7.29. The highest BCUT2D eigenvalue weighted by atomic mass is 16.1. The van der Waals surface area contributed by atoms with Crippen LogP contribution in [0.3, 0.4) is 0 Å². The van der Waals surface area contributed by atoms with Crippen LogP contribution in [0.4, 0.5) is 0 Å². The zero-order chi connectivity index (χ0) is 15.6. The third-order valence-corrected chi connectivity index (χ3v) is 3.51. The van der Waals surface area contributed by atoms with Crippen molar-refractivity contribution in [3.8, 4) is 0 Å². The quantitative estimate of drug-likeness (QED) is 0.859. The van der Waals surface area contributed by atoms with E-state index >= 15 is 0 Å². The van der Waals surface area contributed by atoms with Crippen molar-refractivity contribution in [2.75, 3.05) is 0 Å². The Balaban J connectivity index is 2.32. The van der Waals surface area contributed by atoms with Gasteiger partial charge in [0.25, 0.3) is 0 Å². The Hall–Kier alpha value is -2.10. The summed E-state index contributed by atoms with van der Waals surface area (Å²) in [4.78, 5) is 23.6. The number of carbonyl (C=O) groups is 2. The Kier molecular flexibility index (Phi) is 4.46. The van der Waals surface area contributed by atoms with Crippen LogP contribution >= 0.6 is 0 Å². The van der Waals surface area contributed by atoms with E-state index in [2.05, 4.69) is 5.32 Å². The standard InChI is InChI=1S/C17H22N2O2/c1-11(2)18-16(21)8-9-19-10-15(13(4)20)14-7-5-6-12(3)17(14)19/h5-7,10-11H,8-9H2,1-4H3,(H,18,21). The Morgan fingerprint density at radius 1 is 1.29 bits per heavy atom. The zero-order valence-electron chi connectivity index (χ0n) is 13.1. The highest BCUT2D eigenvalue weighted by Crippen LogP contribution is 2.25. The van der Waals surface area contributed by atoms with Gasteiger partial charge in [0.05, 0.1) is 5.52 Å². The minimum Gasteiger partial charge on any atom is -0.354 e. The van der Waals surface area contributed by atoms with Crippen molar-refractivity contribution in [3.05, 3.63) is 35.5 Å². The van der Waals surface area contributed by atoms with Gasteiger partial charge in [0.1, 0.15) is 0 Å². The van der Waals surface area contributed by atoms with E-state index in [4.69, 9.17) is 0 Å². The van der Waals surface area contributed by atoms with Gasteiger partial charge in [-0.2, -0.15) is 0 Å². The molecule has 4 heteroatoms. The number of carbonyl (C=O) groups excluding carboxylic acids is 2. The molecule has 21 heavy (non-hydrogen) atoms. The molecule has 0 aliphatic rings. The van der Waals surface area contributed by atoms with Gasteiger partial charge < -0.3 is 9.88 Å². The first-order valence-electron chi connectivity index (χ1n) is 7.29. The number of hydrogen-bond donors (Lipinski definition) is 1. The summed E-state index contributed by atoms with van der Waals surface area (Å²) in [7, 11) is 0. The van der Waals surface area contributed by atoms with Crippen molar-refractivity contribution in [1.29, 1.82) is 0 Å². The first kappa shape index (κ1) is 15.3. The third kappa shape index (κ3) is 3.32. The highest BCUT2D eigenvalue weighted by molar-refractivity contribution is 6.07. The number of nitrogens with one attached hydrogen (secondary N) is 1. The Morgan fingerprint density at radius 2 is 2.00 bits per heavy atom. The molecule has 4 nitrogen and oxygen atoms in total. The molecule has 0 saturated carbocycles. The number of aryl methyl sites for hydroxylation is 2.